The Morgan fingerprint density at radius 2 is 2.17 bits per heavy atom. The molecule has 1 atom stereocenters. The molecule has 1 aliphatic rings. The number of aryl methyl sites for hydroxylation is 1. The van der Waals surface area contributed by atoms with Crippen molar-refractivity contribution in [3.8, 4) is 0 Å². The van der Waals surface area contributed by atoms with E-state index in [0.29, 0.717) is 6.04 Å². The van der Waals surface area contributed by atoms with Crippen molar-refractivity contribution < 1.29 is 0 Å². The zero-order chi connectivity index (χ0) is 8.39. The Bertz CT molecular complexity index is 302. The van der Waals surface area contributed by atoms with Crippen molar-refractivity contribution >= 4 is 6.21 Å². The van der Waals surface area contributed by atoms with Crippen molar-refractivity contribution in [2.45, 2.75) is 25.8 Å². The van der Waals surface area contributed by atoms with Crippen molar-refractivity contribution in [2.24, 2.45) is 4.99 Å². The van der Waals surface area contributed by atoms with Gasteiger partial charge >= 0.3 is 0 Å². The second-order valence-electron chi connectivity index (χ2n) is 3.36. The maximum Gasteiger partial charge on any atom is 0.0474 e. The molecule has 0 amide bonds. The van der Waals surface area contributed by atoms with E-state index in [2.05, 4.69) is 36.2 Å². The lowest BCUT2D eigenvalue weighted by Gasteiger charge is -2.01. The summed E-state index contributed by atoms with van der Waals surface area (Å²) in [5.41, 5.74) is 2.73. The van der Waals surface area contributed by atoms with E-state index in [0.717, 1.165) is 6.42 Å². The standard InChI is InChI=1S/C11H13N/c1-9-6-7-10-4-2-3-5-11(10)8-12-9/h2-5,8-9H,6-7H2,1H3/t9-/m0/s1. The summed E-state index contributed by atoms with van der Waals surface area (Å²) in [6.07, 6.45) is 4.35. The Balaban J connectivity index is 2.39. The Morgan fingerprint density at radius 3 is 3.08 bits per heavy atom. The van der Waals surface area contributed by atoms with Gasteiger partial charge in [0.05, 0.1) is 0 Å². The summed E-state index contributed by atoms with van der Waals surface area (Å²) in [5, 5.41) is 0. The SMILES string of the molecule is C[C@H]1CCc2ccccc2C=N1. The summed E-state index contributed by atoms with van der Waals surface area (Å²) < 4.78 is 0. The highest BCUT2D eigenvalue weighted by Crippen LogP contribution is 2.14. The number of aliphatic imine (C=N–C) groups is 1. The van der Waals surface area contributed by atoms with Crippen LogP contribution in [-0.2, 0) is 6.42 Å². The number of hydrogen-bond donors (Lipinski definition) is 0. The van der Waals surface area contributed by atoms with E-state index >= 15 is 0 Å². The number of hydrogen-bond acceptors (Lipinski definition) is 1. The highest BCUT2D eigenvalue weighted by Gasteiger charge is 2.06. The van der Waals surface area contributed by atoms with Gasteiger partial charge in [-0.3, -0.25) is 4.99 Å². The molecule has 0 aromatic heterocycles. The van der Waals surface area contributed by atoms with Crippen LogP contribution >= 0.6 is 0 Å². The fraction of sp³-hybridized carbons (Fsp3) is 0.364. The van der Waals surface area contributed by atoms with Crippen LogP contribution in [0.5, 0.6) is 0 Å². The van der Waals surface area contributed by atoms with Crippen LogP contribution in [0.3, 0.4) is 0 Å². The van der Waals surface area contributed by atoms with E-state index in [-0.39, 0.29) is 0 Å². The monoisotopic (exact) mass is 159 g/mol. The molecule has 1 aromatic rings. The van der Waals surface area contributed by atoms with Gasteiger partial charge in [0, 0.05) is 12.3 Å². The Labute approximate surface area is 73.1 Å². The molecular formula is C11H13N. The minimum Gasteiger partial charge on any atom is -0.290 e. The molecule has 1 heteroatoms. The van der Waals surface area contributed by atoms with Crippen LogP contribution in [-0.4, -0.2) is 12.3 Å². The molecule has 0 saturated carbocycles. The lowest BCUT2D eigenvalue weighted by molar-refractivity contribution is 0.677. The van der Waals surface area contributed by atoms with Crippen LogP contribution in [0.2, 0.25) is 0 Å². The smallest absolute Gasteiger partial charge is 0.0474 e. The minimum absolute atomic E-state index is 0.484. The first-order valence-corrected chi connectivity index (χ1v) is 4.47. The first-order chi connectivity index (χ1) is 5.86. The third-order valence-corrected chi connectivity index (χ3v) is 2.35. The largest absolute Gasteiger partial charge is 0.290 e. The van der Waals surface area contributed by atoms with E-state index in [1.54, 1.807) is 0 Å². The van der Waals surface area contributed by atoms with Crippen molar-refractivity contribution in [1.29, 1.82) is 0 Å². The zero-order valence-electron chi connectivity index (χ0n) is 7.33. The Kier molecular flexibility index (Phi) is 1.94. The number of fused-ring (bicyclic) bond motifs is 1. The maximum atomic E-state index is 4.44. The van der Waals surface area contributed by atoms with Crippen molar-refractivity contribution in [2.75, 3.05) is 0 Å². The molecule has 0 bridgehead atoms. The molecule has 1 aliphatic heterocycles. The molecule has 2 rings (SSSR count). The van der Waals surface area contributed by atoms with E-state index in [1.165, 1.54) is 17.5 Å². The summed E-state index contributed by atoms with van der Waals surface area (Å²) in [5.74, 6) is 0. The fourth-order valence-electron chi connectivity index (χ4n) is 1.53. The molecule has 1 heterocycles. The predicted molar refractivity (Wildman–Crippen MR) is 51.8 cm³/mol. The molecule has 0 aliphatic carbocycles. The van der Waals surface area contributed by atoms with Gasteiger partial charge in [-0.15, -0.1) is 0 Å². The van der Waals surface area contributed by atoms with Gasteiger partial charge in [-0.1, -0.05) is 24.3 Å². The van der Waals surface area contributed by atoms with Crippen molar-refractivity contribution in [3.63, 3.8) is 0 Å². The summed E-state index contributed by atoms with van der Waals surface area (Å²) in [4.78, 5) is 4.44. The van der Waals surface area contributed by atoms with Crippen LogP contribution in [0.25, 0.3) is 0 Å². The van der Waals surface area contributed by atoms with Crippen LogP contribution < -0.4 is 0 Å². The molecular weight excluding hydrogens is 146 g/mol. The normalized spacial score (nSPS) is 21.6. The lowest BCUT2D eigenvalue weighted by atomic mass is 10.0. The highest BCUT2D eigenvalue weighted by atomic mass is 14.8. The van der Waals surface area contributed by atoms with Gasteiger partial charge in [0.25, 0.3) is 0 Å². The molecule has 0 N–H and O–H groups in total. The summed E-state index contributed by atoms with van der Waals surface area (Å²) in [7, 11) is 0. The lowest BCUT2D eigenvalue weighted by Crippen LogP contribution is -1.96. The summed E-state index contributed by atoms with van der Waals surface area (Å²) >= 11 is 0. The second-order valence-corrected chi connectivity index (χ2v) is 3.36. The molecule has 0 spiro atoms. The molecule has 62 valence electrons. The van der Waals surface area contributed by atoms with Crippen molar-refractivity contribution in [3.05, 3.63) is 35.4 Å². The third kappa shape index (κ3) is 1.40. The quantitative estimate of drug-likeness (QED) is 0.551. The number of nitrogens with zero attached hydrogens (tertiary/aromatic N) is 1. The average molecular weight is 159 g/mol. The topological polar surface area (TPSA) is 12.4 Å². The highest BCUT2D eigenvalue weighted by molar-refractivity contribution is 5.82. The van der Waals surface area contributed by atoms with Gasteiger partial charge < -0.3 is 0 Å². The van der Waals surface area contributed by atoms with Crippen molar-refractivity contribution in [1.82, 2.24) is 0 Å². The third-order valence-electron chi connectivity index (χ3n) is 2.35. The van der Waals surface area contributed by atoms with Gasteiger partial charge in [-0.05, 0) is 30.9 Å². The van der Waals surface area contributed by atoms with Gasteiger partial charge in [0.1, 0.15) is 0 Å². The van der Waals surface area contributed by atoms with E-state index in [9.17, 15) is 0 Å². The number of benzene rings is 1. The maximum absolute atomic E-state index is 4.44. The van der Waals surface area contributed by atoms with Gasteiger partial charge in [-0.2, -0.15) is 0 Å². The molecule has 0 unspecified atom stereocenters. The molecule has 12 heavy (non-hydrogen) atoms. The molecule has 1 aromatic carbocycles. The van der Waals surface area contributed by atoms with E-state index in [4.69, 9.17) is 0 Å². The average Bonchev–Trinajstić information content (AvgIpc) is 2.29. The van der Waals surface area contributed by atoms with Gasteiger partial charge in [0.15, 0.2) is 0 Å². The molecule has 0 radical (unpaired) electrons. The second kappa shape index (κ2) is 3.10. The number of rotatable bonds is 0. The summed E-state index contributed by atoms with van der Waals surface area (Å²) in [6, 6.07) is 8.98. The Hall–Kier alpha value is -1.11. The molecule has 0 fully saturated rings. The van der Waals surface area contributed by atoms with Crippen LogP contribution in [0.15, 0.2) is 29.3 Å². The summed E-state index contributed by atoms with van der Waals surface area (Å²) in [6.45, 7) is 2.17. The minimum atomic E-state index is 0.484. The zero-order valence-corrected chi connectivity index (χ0v) is 7.33. The van der Waals surface area contributed by atoms with E-state index in [1.807, 2.05) is 6.21 Å². The van der Waals surface area contributed by atoms with Gasteiger partial charge in [-0.25, -0.2) is 0 Å². The van der Waals surface area contributed by atoms with Gasteiger partial charge in [0.2, 0.25) is 0 Å². The molecule has 1 nitrogen and oxygen atoms in total. The molecule has 0 saturated heterocycles. The first kappa shape index (κ1) is 7.53. The van der Waals surface area contributed by atoms with Crippen LogP contribution in [0.1, 0.15) is 24.5 Å². The fourth-order valence-corrected chi connectivity index (χ4v) is 1.53. The first-order valence-electron chi connectivity index (χ1n) is 4.47. The Morgan fingerprint density at radius 1 is 1.33 bits per heavy atom. The van der Waals surface area contributed by atoms with E-state index < -0.39 is 0 Å². The van der Waals surface area contributed by atoms with Crippen LogP contribution in [0, 0.1) is 0 Å². The predicted octanol–water partition coefficient (Wildman–Crippen LogP) is 2.44. The van der Waals surface area contributed by atoms with Crippen LogP contribution in [0.4, 0.5) is 0 Å².